The average Bonchev–Trinajstić information content (AvgIpc) is 3.50. The Labute approximate surface area is 237 Å². The lowest BCUT2D eigenvalue weighted by Crippen LogP contribution is -2.39. The van der Waals surface area contributed by atoms with Crippen molar-refractivity contribution in [2.24, 2.45) is 4.99 Å². The maximum atomic E-state index is 6.78. The smallest absolute Gasteiger partial charge is 0.144 e. The van der Waals surface area contributed by atoms with Gasteiger partial charge < -0.3 is 4.42 Å². The van der Waals surface area contributed by atoms with E-state index in [1.807, 2.05) is 0 Å². The molecule has 0 saturated heterocycles. The van der Waals surface area contributed by atoms with E-state index < -0.39 is 8.07 Å². The van der Waals surface area contributed by atoms with E-state index in [1.165, 1.54) is 27.3 Å². The monoisotopic (exact) mass is 537 g/mol. The van der Waals surface area contributed by atoms with Crippen LogP contribution in [0.15, 0.2) is 106 Å². The van der Waals surface area contributed by atoms with Crippen LogP contribution in [-0.4, -0.2) is 13.8 Å². The fourth-order valence-corrected chi connectivity index (χ4v) is 7.52. The van der Waals surface area contributed by atoms with Crippen LogP contribution in [0.3, 0.4) is 0 Å². The fraction of sp³-hybridized carbons (Fsp3) is 0.216. The van der Waals surface area contributed by atoms with Crippen molar-refractivity contribution >= 4 is 57.4 Å². The molecule has 5 aromatic carbocycles. The summed E-state index contributed by atoms with van der Waals surface area (Å²) in [5.41, 5.74) is 9.08. The van der Waals surface area contributed by atoms with Crippen LogP contribution in [0.4, 0.5) is 5.69 Å². The molecule has 6 aromatic rings. The summed E-state index contributed by atoms with van der Waals surface area (Å²) in [7, 11) is -1.48. The van der Waals surface area contributed by atoms with Gasteiger partial charge in [0.25, 0.3) is 0 Å². The minimum absolute atomic E-state index is 0.00206. The Kier molecular flexibility index (Phi) is 5.49. The second kappa shape index (κ2) is 8.77. The van der Waals surface area contributed by atoms with Gasteiger partial charge in [-0.05, 0) is 45.7 Å². The second-order valence-corrected chi connectivity index (χ2v) is 18.3. The van der Waals surface area contributed by atoms with Gasteiger partial charge in [-0.1, -0.05) is 124 Å². The van der Waals surface area contributed by atoms with E-state index in [9.17, 15) is 0 Å². The zero-order chi connectivity index (χ0) is 27.8. The minimum Gasteiger partial charge on any atom is -0.455 e. The first-order valence-corrected chi connectivity index (χ1v) is 17.8. The van der Waals surface area contributed by atoms with Crippen molar-refractivity contribution in [3.8, 4) is 0 Å². The van der Waals surface area contributed by atoms with Crippen molar-refractivity contribution in [1.29, 1.82) is 0 Å². The molecular weight excluding hydrogens is 502 g/mol. The summed E-state index contributed by atoms with van der Waals surface area (Å²) >= 11 is 0. The molecule has 1 aliphatic heterocycles. The van der Waals surface area contributed by atoms with Crippen LogP contribution in [0.1, 0.15) is 48.9 Å². The highest BCUT2D eigenvalue weighted by atomic mass is 28.3. The molecule has 1 unspecified atom stereocenters. The largest absolute Gasteiger partial charge is 0.455 e. The standard InChI is InChI=1S/C37H35NOSi/c1-37(2,3)31-22-24(40(4,5)6)19-21-28(31)33-29-14-9-10-17-32(29)38-34(33)30-16-11-15-26-27-20-18-23-12-7-8-13-25(23)35(27)39-36(26)30/h7-22,33H,1-6H3. The molecule has 2 heterocycles. The molecule has 0 aliphatic carbocycles. The van der Waals surface area contributed by atoms with Gasteiger partial charge in [0.05, 0.1) is 25.4 Å². The first kappa shape index (κ1) is 25.0. The topological polar surface area (TPSA) is 25.5 Å². The molecule has 40 heavy (non-hydrogen) atoms. The molecule has 0 N–H and O–H groups in total. The van der Waals surface area contributed by atoms with Gasteiger partial charge in [-0.25, -0.2) is 0 Å². The lowest BCUT2D eigenvalue weighted by molar-refractivity contribution is 0.583. The van der Waals surface area contributed by atoms with Crippen molar-refractivity contribution < 1.29 is 4.42 Å². The van der Waals surface area contributed by atoms with Gasteiger partial charge in [0.15, 0.2) is 0 Å². The number of furan rings is 1. The lowest BCUT2D eigenvalue weighted by Gasteiger charge is -2.30. The van der Waals surface area contributed by atoms with E-state index in [4.69, 9.17) is 9.41 Å². The summed E-state index contributed by atoms with van der Waals surface area (Å²) in [6, 6.07) is 35.3. The van der Waals surface area contributed by atoms with Crippen LogP contribution >= 0.6 is 0 Å². The summed E-state index contributed by atoms with van der Waals surface area (Å²) < 4.78 is 6.78. The van der Waals surface area contributed by atoms with Gasteiger partial charge in [-0.2, -0.15) is 0 Å². The molecule has 198 valence electrons. The normalized spacial score (nSPS) is 15.7. The molecule has 3 heteroatoms. The molecule has 0 amide bonds. The van der Waals surface area contributed by atoms with Crippen molar-refractivity contribution in [3.63, 3.8) is 0 Å². The Hall–Kier alpha value is -3.95. The SMILES string of the molecule is CC(C)(C)c1cc([Si](C)(C)C)ccc1C1C(c2cccc3c2oc2c4ccccc4ccc32)=Nc2ccccc21. The first-order valence-electron chi connectivity index (χ1n) is 14.3. The zero-order valence-corrected chi connectivity index (χ0v) is 25.2. The fourth-order valence-electron chi connectivity index (χ4n) is 6.36. The number of hydrogen-bond acceptors (Lipinski definition) is 2. The quantitative estimate of drug-likeness (QED) is 0.206. The van der Waals surface area contributed by atoms with Gasteiger partial charge in [0.1, 0.15) is 11.2 Å². The molecular formula is C37H35NOSi. The molecule has 0 fully saturated rings. The van der Waals surface area contributed by atoms with Crippen LogP contribution in [0.25, 0.3) is 32.7 Å². The van der Waals surface area contributed by atoms with E-state index in [1.54, 1.807) is 0 Å². The van der Waals surface area contributed by atoms with Gasteiger partial charge >= 0.3 is 0 Å². The van der Waals surface area contributed by atoms with Crippen LogP contribution < -0.4 is 5.19 Å². The Morgan fingerprint density at radius 3 is 2.20 bits per heavy atom. The Bertz CT molecular complexity index is 1980. The number of fused-ring (bicyclic) bond motifs is 6. The Balaban J connectivity index is 1.50. The maximum Gasteiger partial charge on any atom is 0.144 e. The highest BCUT2D eigenvalue weighted by Crippen LogP contribution is 2.46. The molecule has 1 aliphatic rings. The molecule has 0 radical (unpaired) electrons. The van der Waals surface area contributed by atoms with Crippen molar-refractivity contribution in [2.45, 2.75) is 51.7 Å². The van der Waals surface area contributed by atoms with Crippen LogP contribution in [0.5, 0.6) is 0 Å². The maximum absolute atomic E-state index is 6.78. The predicted octanol–water partition coefficient (Wildman–Crippen LogP) is 9.85. The van der Waals surface area contributed by atoms with E-state index in [-0.39, 0.29) is 11.3 Å². The molecule has 0 spiro atoms. The van der Waals surface area contributed by atoms with E-state index in [0.29, 0.717) is 0 Å². The average molecular weight is 538 g/mol. The Morgan fingerprint density at radius 1 is 0.675 bits per heavy atom. The van der Waals surface area contributed by atoms with E-state index >= 15 is 0 Å². The molecule has 7 rings (SSSR count). The second-order valence-electron chi connectivity index (χ2n) is 13.2. The number of para-hydroxylation sites is 2. The third kappa shape index (κ3) is 3.87. The van der Waals surface area contributed by atoms with Crippen molar-refractivity contribution in [2.75, 3.05) is 0 Å². The molecule has 0 bridgehead atoms. The minimum atomic E-state index is -1.48. The zero-order valence-electron chi connectivity index (χ0n) is 24.2. The van der Waals surface area contributed by atoms with Gasteiger partial charge in [-0.15, -0.1) is 0 Å². The number of rotatable bonds is 3. The third-order valence-electron chi connectivity index (χ3n) is 8.47. The van der Waals surface area contributed by atoms with Crippen molar-refractivity contribution in [1.82, 2.24) is 0 Å². The number of aliphatic imine (C=N–C) groups is 1. The van der Waals surface area contributed by atoms with E-state index in [2.05, 4.69) is 137 Å². The summed E-state index contributed by atoms with van der Waals surface area (Å²) in [6.07, 6.45) is 0. The Morgan fingerprint density at radius 2 is 1.40 bits per heavy atom. The molecule has 1 atom stereocenters. The van der Waals surface area contributed by atoms with Gasteiger partial charge in [-0.3, -0.25) is 4.99 Å². The van der Waals surface area contributed by atoms with Crippen molar-refractivity contribution in [3.05, 3.63) is 119 Å². The first-order chi connectivity index (χ1) is 19.1. The predicted molar refractivity (Wildman–Crippen MR) is 174 cm³/mol. The summed E-state index contributed by atoms with van der Waals surface area (Å²) in [5.74, 6) is 0.0386. The molecule has 0 saturated carbocycles. The van der Waals surface area contributed by atoms with Crippen LogP contribution in [-0.2, 0) is 5.41 Å². The summed E-state index contributed by atoms with van der Waals surface area (Å²) in [5, 5.41) is 6.12. The summed E-state index contributed by atoms with van der Waals surface area (Å²) in [6.45, 7) is 14.3. The third-order valence-corrected chi connectivity index (χ3v) is 10.5. The van der Waals surface area contributed by atoms with Gasteiger partial charge in [0, 0.05) is 21.7 Å². The number of benzene rings is 5. The van der Waals surface area contributed by atoms with Gasteiger partial charge in [0.2, 0.25) is 0 Å². The van der Waals surface area contributed by atoms with E-state index in [0.717, 1.165) is 44.3 Å². The highest BCUT2D eigenvalue weighted by molar-refractivity contribution is 6.88. The number of hydrogen-bond donors (Lipinski definition) is 0. The highest BCUT2D eigenvalue weighted by Gasteiger charge is 2.35. The lowest BCUT2D eigenvalue weighted by atomic mass is 9.76. The van der Waals surface area contributed by atoms with Crippen LogP contribution in [0, 0.1) is 0 Å². The van der Waals surface area contributed by atoms with Crippen LogP contribution in [0.2, 0.25) is 19.6 Å². The molecule has 1 aromatic heterocycles. The molecule has 2 nitrogen and oxygen atoms in total. The number of nitrogens with zero attached hydrogens (tertiary/aromatic N) is 1. The summed E-state index contributed by atoms with van der Waals surface area (Å²) in [4.78, 5) is 5.32.